The van der Waals surface area contributed by atoms with Gasteiger partial charge in [0.05, 0.1) is 19.2 Å². The Bertz CT molecular complexity index is 410. The average molecular weight is 236 g/mol. The second-order valence-corrected chi connectivity index (χ2v) is 4.97. The molecule has 1 aromatic rings. The second-order valence-electron chi connectivity index (χ2n) is 4.97. The molecule has 1 aliphatic carbocycles. The van der Waals surface area contributed by atoms with E-state index in [9.17, 15) is 4.79 Å². The largest absolute Gasteiger partial charge is 0.469 e. The Morgan fingerprint density at radius 2 is 2.35 bits per heavy atom. The van der Waals surface area contributed by atoms with Gasteiger partial charge in [-0.3, -0.25) is 9.48 Å². The first-order valence-corrected chi connectivity index (χ1v) is 6.26. The van der Waals surface area contributed by atoms with E-state index in [1.54, 1.807) is 0 Å². The number of aromatic nitrogens is 2. The fraction of sp³-hybridized carbons (Fsp3) is 0.692. The van der Waals surface area contributed by atoms with Gasteiger partial charge in [-0.1, -0.05) is 0 Å². The Hall–Kier alpha value is -1.32. The molecule has 0 saturated carbocycles. The van der Waals surface area contributed by atoms with Crippen molar-refractivity contribution >= 4 is 5.97 Å². The number of rotatable bonds is 2. The van der Waals surface area contributed by atoms with Crippen LogP contribution >= 0.6 is 0 Å². The van der Waals surface area contributed by atoms with Gasteiger partial charge in [0.25, 0.3) is 0 Å². The lowest BCUT2D eigenvalue weighted by Crippen LogP contribution is -2.20. The summed E-state index contributed by atoms with van der Waals surface area (Å²) in [5.74, 6) is -0.0928. The molecule has 1 atom stereocenters. The molecule has 0 radical (unpaired) electrons. The van der Waals surface area contributed by atoms with Crippen LogP contribution in [0.5, 0.6) is 0 Å². The summed E-state index contributed by atoms with van der Waals surface area (Å²) in [5.41, 5.74) is 2.51. The van der Waals surface area contributed by atoms with Crippen molar-refractivity contribution in [1.29, 1.82) is 0 Å². The van der Waals surface area contributed by atoms with Crippen molar-refractivity contribution in [2.24, 2.45) is 5.92 Å². The predicted molar refractivity (Wildman–Crippen MR) is 64.8 cm³/mol. The van der Waals surface area contributed by atoms with Crippen LogP contribution in [0.25, 0.3) is 0 Å². The molecule has 0 unspecified atom stereocenters. The van der Waals surface area contributed by atoms with Crippen molar-refractivity contribution in [2.75, 3.05) is 7.11 Å². The Morgan fingerprint density at radius 3 is 3.00 bits per heavy atom. The lowest BCUT2D eigenvalue weighted by molar-refractivity contribution is -0.145. The fourth-order valence-corrected chi connectivity index (χ4v) is 2.54. The Labute approximate surface area is 102 Å². The first kappa shape index (κ1) is 12.1. The van der Waals surface area contributed by atoms with Crippen LogP contribution in [0.15, 0.2) is 6.20 Å². The van der Waals surface area contributed by atoms with Crippen molar-refractivity contribution in [3.05, 3.63) is 17.5 Å². The maximum Gasteiger partial charge on any atom is 0.309 e. The van der Waals surface area contributed by atoms with Gasteiger partial charge in [-0.25, -0.2) is 0 Å². The molecule has 0 fully saturated rings. The Balaban J connectivity index is 2.28. The van der Waals surface area contributed by atoms with Gasteiger partial charge < -0.3 is 4.74 Å². The molecular weight excluding hydrogens is 216 g/mol. The van der Waals surface area contributed by atoms with Gasteiger partial charge in [0.15, 0.2) is 0 Å². The lowest BCUT2D eigenvalue weighted by Gasteiger charge is -2.15. The molecule has 1 heterocycles. The number of ether oxygens (including phenoxy) is 1. The summed E-state index contributed by atoms with van der Waals surface area (Å²) in [4.78, 5) is 11.7. The summed E-state index contributed by atoms with van der Waals surface area (Å²) in [7, 11) is 1.47. The topological polar surface area (TPSA) is 44.1 Å². The van der Waals surface area contributed by atoms with E-state index in [1.165, 1.54) is 18.4 Å². The summed E-state index contributed by atoms with van der Waals surface area (Å²) in [6.07, 6.45) is 5.70. The number of carbonyl (C=O) groups excluding carboxylic acids is 1. The van der Waals surface area contributed by atoms with Gasteiger partial charge in [0.2, 0.25) is 0 Å². The van der Waals surface area contributed by atoms with Gasteiger partial charge in [0.1, 0.15) is 0 Å². The number of carbonyl (C=O) groups is 1. The van der Waals surface area contributed by atoms with Crippen molar-refractivity contribution in [3.63, 3.8) is 0 Å². The second kappa shape index (κ2) is 4.90. The number of methoxy groups -OCH3 is 1. The van der Waals surface area contributed by atoms with Crippen LogP contribution in [0.1, 0.15) is 44.0 Å². The first-order valence-electron chi connectivity index (χ1n) is 6.26. The monoisotopic (exact) mass is 236 g/mol. The highest BCUT2D eigenvalue weighted by atomic mass is 16.5. The fourth-order valence-electron chi connectivity index (χ4n) is 2.54. The first-order chi connectivity index (χ1) is 8.13. The summed E-state index contributed by atoms with van der Waals surface area (Å²) in [5, 5.41) is 4.42. The third-order valence-electron chi connectivity index (χ3n) is 3.45. The van der Waals surface area contributed by atoms with Crippen LogP contribution in [0.4, 0.5) is 0 Å². The summed E-state index contributed by atoms with van der Waals surface area (Å²) in [6, 6.07) is 0.343. The summed E-state index contributed by atoms with van der Waals surface area (Å²) >= 11 is 0. The van der Waals surface area contributed by atoms with E-state index in [2.05, 4.69) is 18.9 Å². The van der Waals surface area contributed by atoms with E-state index in [-0.39, 0.29) is 11.9 Å². The maximum absolute atomic E-state index is 11.7. The van der Waals surface area contributed by atoms with E-state index < -0.39 is 0 Å². The zero-order valence-electron chi connectivity index (χ0n) is 10.8. The molecule has 2 rings (SSSR count). The van der Waals surface area contributed by atoms with Crippen LogP contribution in [0.2, 0.25) is 0 Å². The number of aryl methyl sites for hydroxylation is 1. The van der Waals surface area contributed by atoms with Crippen molar-refractivity contribution in [3.8, 4) is 0 Å². The van der Waals surface area contributed by atoms with E-state index >= 15 is 0 Å². The van der Waals surface area contributed by atoms with Crippen LogP contribution in [-0.4, -0.2) is 22.9 Å². The Morgan fingerprint density at radius 1 is 1.59 bits per heavy atom. The number of hydrogen-bond acceptors (Lipinski definition) is 3. The molecule has 0 spiro atoms. The van der Waals surface area contributed by atoms with Gasteiger partial charge in [-0.15, -0.1) is 0 Å². The molecule has 0 aliphatic heterocycles. The quantitative estimate of drug-likeness (QED) is 0.583. The van der Waals surface area contributed by atoms with Crippen LogP contribution in [0, 0.1) is 5.92 Å². The molecule has 17 heavy (non-hydrogen) atoms. The minimum absolute atomic E-state index is 0.00421. The van der Waals surface area contributed by atoms with Crippen molar-refractivity contribution in [1.82, 2.24) is 9.78 Å². The average Bonchev–Trinajstić information content (AvgIpc) is 2.59. The van der Waals surface area contributed by atoms with E-state index in [1.807, 2.05) is 10.9 Å². The minimum Gasteiger partial charge on any atom is -0.469 e. The molecule has 94 valence electrons. The summed E-state index contributed by atoms with van der Waals surface area (Å²) < 4.78 is 6.91. The van der Waals surface area contributed by atoms with Crippen molar-refractivity contribution < 1.29 is 9.53 Å². The smallest absolute Gasteiger partial charge is 0.309 e. The molecule has 4 nitrogen and oxygen atoms in total. The predicted octanol–water partition coefficient (Wildman–Crippen LogP) is 2.13. The number of fused-ring (bicyclic) bond motifs is 1. The van der Waals surface area contributed by atoms with Gasteiger partial charge in [-0.2, -0.15) is 5.10 Å². The normalized spacial score (nSPS) is 19.9. The molecule has 1 aliphatic rings. The van der Waals surface area contributed by atoms with Crippen molar-refractivity contribution in [2.45, 2.75) is 45.6 Å². The number of hydrogen-bond donors (Lipinski definition) is 0. The highest BCUT2D eigenvalue weighted by Crippen LogP contribution is 2.26. The highest BCUT2D eigenvalue weighted by Gasteiger charge is 2.26. The lowest BCUT2D eigenvalue weighted by atomic mass is 10.00. The highest BCUT2D eigenvalue weighted by molar-refractivity contribution is 5.72. The molecule has 0 saturated heterocycles. The minimum atomic E-state index is -0.0886. The SMILES string of the molecule is COC(=O)[C@H]1CCCc2cnn(C(C)C)c2C1. The zero-order valence-corrected chi connectivity index (χ0v) is 10.8. The maximum atomic E-state index is 11.7. The van der Waals surface area contributed by atoms with Crippen LogP contribution in [-0.2, 0) is 22.4 Å². The molecular formula is C13H20N2O2. The Kier molecular flexibility index (Phi) is 3.50. The van der Waals surface area contributed by atoms with Crippen LogP contribution in [0.3, 0.4) is 0 Å². The standard InChI is InChI=1S/C13H20N2O2/c1-9(2)15-12-7-10(13(16)17-3)5-4-6-11(12)8-14-15/h8-10H,4-7H2,1-3H3/t10-/m0/s1. The third kappa shape index (κ3) is 2.35. The molecule has 0 N–H and O–H groups in total. The number of nitrogens with zero attached hydrogens (tertiary/aromatic N) is 2. The molecule has 0 aromatic carbocycles. The van der Waals surface area contributed by atoms with Gasteiger partial charge >= 0.3 is 5.97 Å². The third-order valence-corrected chi connectivity index (χ3v) is 3.45. The molecule has 0 bridgehead atoms. The van der Waals surface area contributed by atoms with Gasteiger partial charge in [0, 0.05) is 18.2 Å². The van der Waals surface area contributed by atoms with E-state index in [0.717, 1.165) is 25.7 Å². The number of esters is 1. The molecule has 0 amide bonds. The van der Waals surface area contributed by atoms with E-state index in [4.69, 9.17) is 4.74 Å². The van der Waals surface area contributed by atoms with Crippen LogP contribution < -0.4 is 0 Å². The summed E-state index contributed by atoms with van der Waals surface area (Å²) in [6.45, 7) is 4.23. The molecule has 4 heteroatoms. The molecule has 1 aromatic heterocycles. The zero-order chi connectivity index (χ0) is 12.4. The van der Waals surface area contributed by atoms with Gasteiger partial charge in [-0.05, 0) is 38.7 Å². The van der Waals surface area contributed by atoms with E-state index in [0.29, 0.717) is 6.04 Å².